The van der Waals surface area contributed by atoms with Crippen LogP contribution in [0.2, 0.25) is 0 Å². The van der Waals surface area contributed by atoms with Crippen LogP contribution in [0.25, 0.3) is 0 Å². The molecular weight excluding hydrogens is 314 g/mol. The van der Waals surface area contributed by atoms with E-state index in [-0.39, 0.29) is 18.0 Å². The SMILES string of the molecule is CC(C#N)(CCC(=O)O)SSSC(=O)c1ccccc1. The first-order valence-electron chi connectivity index (χ1n) is 5.71. The summed E-state index contributed by atoms with van der Waals surface area (Å²) in [7, 11) is 3.48. The zero-order valence-corrected chi connectivity index (χ0v) is 13.2. The van der Waals surface area contributed by atoms with Crippen LogP contribution in [0, 0.1) is 11.3 Å². The molecule has 0 aliphatic carbocycles. The van der Waals surface area contributed by atoms with E-state index >= 15 is 0 Å². The van der Waals surface area contributed by atoms with E-state index in [1.165, 1.54) is 20.6 Å². The maximum Gasteiger partial charge on any atom is 0.303 e. The fourth-order valence-electron chi connectivity index (χ4n) is 1.21. The highest BCUT2D eigenvalue weighted by Crippen LogP contribution is 2.46. The molecule has 106 valence electrons. The molecule has 0 fully saturated rings. The lowest BCUT2D eigenvalue weighted by atomic mass is 10.1. The van der Waals surface area contributed by atoms with Crippen molar-refractivity contribution in [3.8, 4) is 6.07 Å². The van der Waals surface area contributed by atoms with Crippen molar-refractivity contribution in [2.75, 3.05) is 0 Å². The maximum atomic E-state index is 11.8. The highest BCUT2D eigenvalue weighted by Gasteiger charge is 2.27. The number of carbonyl (C=O) groups is 2. The normalized spacial score (nSPS) is 13.2. The van der Waals surface area contributed by atoms with Crippen LogP contribution in [-0.2, 0) is 4.79 Å². The van der Waals surface area contributed by atoms with Gasteiger partial charge in [-0.2, -0.15) is 5.26 Å². The van der Waals surface area contributed by atoms with Gasteiger partial charge in [-0.15, -0.1) is 0 Å². The number of hydrogen-bond donors (Lipinski definition) is 1. The van der Waals surface area contributed by atoms with E-state index in [1.807, 2.05) is 6.07 Å². The smallest absolute Gasteiger partial charge is 0.303 e. The van der Waals surface area contributed by atoms with Gasteiger partial charge in [-0.05, 0) is 34.0 Å². The summed E-state index contributed by atoms with van der Waals surface area (Å²) < 4.78 is -0.812. The highest BCUT2D eigenvalue weighted by atomic mass is 33.5. The first-order chi connectivity index (χ1) is 9.47. The number of nitriles is 1. The molecule has 1 aromatic rings. The second kappa shape index (κ2) is 8.25. The van der Waals surface area contributed by atoms with E-state index in [1.54, 1.807) is 31.2 Å². The summed E-state index contributed by atoms with van der Waals surface area (Å²) in [5.41, 5.74) is 0.606. The van der Waals surface area contributed by atoms with Gasteiger partial charge < -0.3 is 5.11 Å². The van der Waals surface area contributed by atoms with Crippen molar-refractivity contribution in [2.45, 2.75) is 24.5 Å². The molecule has 0 bridgehead atoms. The van der Waals surface area contributed by atoms with Crippen LogP contribution in [0.1, 0.15) is 30.1 Å². The van der Waals surface area contributed by atoms with E-state index < -0.39 is 10.7 Å². The van der Waals surface area contributed by atoms with Gasteiger partial charge in [0.05, 0.1) is 6.07 Å². The number of nitrogens with zero attached hydrogens (tertiary/aromatic N) is 1. The summed E-state index contributed by atoms with van der Waals surface area (Å²) in [4.78, 5) is 22.4. The third kappa shape index (κ3) is 5.90. The first kappa shape index (κ1) is 17.0. The van der Waals surface area contributed by atoms with Crippen molar-refractivity contribution in [1.29, 1.82) is 5.26 Å². The average molecular weight is 327 g/mol. The van der Waals surface area contributed by atoms with Gasteiger partial charge in [0.25, 0.3) is 0 Å². The van der Waals surface area contributed by atoms with Crippen molar-refractivity contribution in [1.82, 2.24) is 0 Å². The van der Waals surface area contributed by atoms with Crippen LogP contribution < -0.4 is 0 Å². The molecule has 0 heterocycles. The lowest BCUT2D eigenvalue weighted by Gasteiger charge is -2.18. The minimum absolute atomic E-state index is 0.0606. The fourth-order valence-corrected chi connectivity index (χ4v) is 5.51. The maximum absolute atomic E-state index is 11.8. The number of carboxylic acids is 1. The topological polar surface area (TPSA) is 78.2 Å². The average Bonchev–Trinajstić information content (AvgIpc) is 2.46. The minimum Gasteiger partial charge on any atom is -0.481 e. The molecule has 0 amide bonds. The van der Waals surface area contributed by atoms with E-state index in [2.05, 4.69) is 6.07 Å². The molecule has 0 radical (unpaired) electrons. The lowest BCUT2D eigenvalue weighted by molar-refractivity contribution is -0.137. The number of aliphatic carboxylic acids is 1. The monoisotopic (exact) mass is 327 g/mol. The Balaban J connectivity index is 2.44. The van der Waals surface area contributed by atoms with Crippen LogP contribution in [0.3, 0.4) is 0 Å². The van der Waals surface area contributed by atoms with Crippen molar-refractivity contribution < 1.29 is 14.7 Å². The van der Waals surface area contributed by atoms with Gasteiger partial charge >= 0.3 is 5.97 Å². The van der Waals surface area contributed by atoms with Gasteiger partial charge in [-0.1, -0.05) is 41.1 Å². The Bertz CT molecular complexity index is 515. The Labute approximate surface area is 129 Å². The molecule has 0 aliphatic heterocycles. The van der Waals surface area contributed by atoms with Crippen molar-refractivity contribution in [2.24, 2.45) is 0 Å². The number of carbonyl (C=O) groups excluding carboxylic acids is 1. The van der Waals surface area contributed by atoms with Gasteiger partial charge in [-0.3, -0.25) is 9.59 Å². The van der Waals surface area contributed by atoms with E-state index in [9.17, 15) is 9.59 Å². The number of rotatable bonds is 7. The molecule has 0 saturated heterocycles. The Morgan fingerprint density at radius 3 is 2.55 bits per heavy atom. The molecule has 1 atom stereocenters. The number of benzene rings is 1. The summed E-state index contributed by atoms with van der Waals surface area (Å²) in [5.74, 6) is -0.926. The quantitative estimate of drug-likeness (QED) is 0.758. The molecule has 4 nitrogen and oxygen atoms in total. The minimum atomic E-state index is -0.926. The molecule has 1 rings (SSSR count). The molecule has 1 N–H and O–H groups in total. The molecule has 0 aromatic heterocycles. The van der Waals surface area contributed by atoms with Crippen molar-refractivity contribution >= 4 is 42.5 Å². The molecule has 20 heavy (non-hydrogen) atoms. The van der Waals surface area contributed by atoms with Gasteiger partial charge in [0, 0.05) is 12.0 Å². The van der Waals surface area contributed by atoms with Crippen LogP contribution in [0.4, 0.5) is 0 Å². The summed E-state index contributed by atoms with van der Waals surface area (Å²) in [5, 5.41) is 17.7. The molecular formula is C13H13NO3S3. The van der Waals surface area contributed by atoms with Gasteiger partial charge in [0.1, 0.15) is 4.75 Å². The van der Waals surface area contributed by atoms with Gasteiger partial charge in [-0.25, -0.2) is 0 Å². The summed E-state index contributed by atoms with van der Waals surface area (Å²) in [6.07, 6.45) is 0.186. The predicted molar refractivity (Wildman–Crippen MR) is 84.4 cm³/mol. The summed E-state index contributed by atoms with van der Waals surface area (Å²) in [6, 6.07) is 11.0. The molecule has 1 aromatic carbocycles. The molecule has 0 saturated carbocycles. The van der Waals surface area contributed by atoms with Crippen LogP contribution in [-0.4, -0.2) is 20.9 Å². The zero-order chi connectivity index (χ0) is 15.0. The lowest BCUT2D eigenvalue weighted by Crippen LogP contribution is -2.17. The van der Waals surface area contributed by atoms with Crippen LogP contribution >= 0.6 is 31.4 Å². The second-order valence-electron chi connectivity index (χ2n) is 4.12. The summed E-state index contributed by atoms with van der Waals surface area (Å²) in [6.45, 7) is 1.68. The molecule has 7 heteroatoms. The first-order valence-corrected chi connectivity index (χ1v) is 9.20. The van der Waals surface area contributed by atoms with Crippen molar-refractivity contribution in [3.05, 3.63) is 35.9 Å². The largest absolute Gasteiger partial charge is 0.481 e. The second-order valence-corrected chi connectivity index (χ2v) is 8.50. The van der Waals surface area contributed by atoms with E-state index in [0.29, 0.717) is 5.56 Å². The fraction of sp³-hybridized carbons (Fsp3) is 0.308. The number of carboxylic acid groups (broad SMARTS) is 1. The molecule has 0 spiro atoms. The highest BCUT2D eigenvalue weighted by molar-refractivity contribution is 9.12. The van der Waals surface area contributed by atoms with Crippen LogP contribution in [0.5, 0.6) is 0 Å². The molecule has 0 aliphatic rings. The summed E-state index contributed by atoms with van der Waals surface area (Å²) >= 11 is 0. The Morgan fingerprint density at radius 1 is 1.35 bits per heavy atom. The van der Waals surface area contributed by atoms with Gasteiger partial charge in [0.15, 0.2) is 0 Å². The van der Waals surface area contributed by atoms with E-state index in [4.69, 9.17) is 10.4 Å². The van der Waals surface area contributed by atoms with Crippen LogP contribution in [0.15, 0.2) is 30.3 Å². The predicted octanol–water partition coefficient (Wildman–Crippen LogP) is 4.00. The third-order valence-electron chi connectivity index (χ3n) is 2.39. The Morgan fingerprint density at radius 2 is 2.00 bits per heavy atom. The third-order valence-corrected chi connectivity index (χ3v) is 6.77. The van der Waals surface area contributed by atoms with E-state index in [0.717, 1.165) is 10.8 Å². The Hall–Kier alpha value is -1.10. The standard InChI is InChI=1S/C13H13NO3S3/c1-13(9-14,8-7-11(15)16)19-20-18-12(17)10-5-3-2-4-6-10/h2-6H,7-8H2,1H3,(H,15,16). The Kier molecular flexibility index (Phi) is 6.99. The molecule has 1 unspecified atom stereocenters. The number of hydrogen-bond acceptors (Lipinski definition) is 6. The zero-order valence-electron chi connectivity index (χ0n) is 10.7. The van der Waals surface area contributed by atoms with Gasteiger partial charge in [0.2, 0.25) is 5.12 Å². The van der Waals surface area contributed by atoms with Crippen molar-refractivity contribution in [3.63, 3.8) is 0 Å².